The van der Waals surface area contributed by atoms with E-state index in [4.69, 9.17) is 0 Å². The van der Waals surface area contributed by atoms with Gasteiger partial charge in [0.15, 0.2) is 0 Å². The van der Waals surface area contributed by atoms with E-state index in [2.05, 4.69) is 21.7 Å². The first-order valence-corrected chi connectivity index (χ1v) is 8.30. The monoisotopic (exact) mass is 418 g/mol. The maximum atomic E-state index is 12.3. The van der Waals surface area contributed by atoms with Gasteiger partial charge in [-0.15, -0.1) is 17.9 Å². The first-order chi connectivity index (χ1) is 14.2. The van der Waals surface area contributed by atoms with Crippen LogP contribution >= 0.6 is 0 Å². The van der Waals surface area contributed by atoms with Crippen molar-refractivity contribution in [3.8, 4) is 22.6 Å². The van der Waals surface area contributed by atoms with Crippen molar-refractivity contribution in [2.45, 2.75) is 6.36 Å². The molecule has 3 rings (SSSR count). The third-order valence-electron chi connectivity index (χ3n) is 3.83. The van der Waals surface area contributed by atoms with Crippen LogP contribution in [0.15, 0.2) is 67.4 Å². The third-order valence-corrected chi connectivity index (χ3v) is 3.83. The topological polar surface area (TPSA) is 99.3 Å². The minimum Gasteiger partial charge on any atom is -0.406 e. The van der Waals surface area contributed by atoms with Gasteiger partial charge in [-0.25, -0.2) is 0 Å². The number of carbonyl (C=O) groups is 1. The molecular formula is C19H13F3N4O4. The van der Waals surface area contributed by atoms with Crippen molar-refractivity contribution >= 4 is 17.4 Å². The molecule has 0 saturated heterocycles. The summed E-state index contributed by atoms with van der Waals surface area (Å²) in [7, 11) is 0. The fourth-order valence-corrected chi connectivity index (χ4v) is 2.59. The van der Waals surface area contributed by atoms with Crippen molar-refractivity contribution in [1.29, 1.82) is 0 Å². The number of hydrogen-bond donors (Lipinski definition) is 1. The molecule has 0 fully saturated rings. The van der Waals surface area contributed by atoms with Crippen LogP contribution in [0.25, 0.3) is 16.8 Å². The summed E-state index contributed by atoms with van der Waals surface area (Å²) < 4.78 is 41.9. The van der Waals surface area contributed by atoms with Gasteiger partial charge in [0, 0.05) is 5.69 Å². The summed E-state index contributed by atoms with van der Waals surface area (Å²) in [5.41, 5.74) is 1.21. The molecule has 2 aromatic carbocycles. The van der Waals surface area contributed by atoms with Crippen LogP contribution in [0, 0.1) is 10.1 Å². The van der Waals surface area contributed by atoms with Crippen LogP contribution in [0.1, 0.15) is 0 Å². The molecule has 0 unspecified atom stereocenters. The Kier molecular flexibility index (Phi) is 5.54. The van der Waals surface area contributed by atoms with Gasteiger partial charge in [-0.1, -0.05) is 24.8 Å². The molecule has 30 heavy (non-hydrogen) atoms. The Morgan fingerprint density at radius 2 is 1.93 bits per heavy atom. The number of amides is 1. The summed E-state index contributed by atoms with van der Waals surface area (Å²) in [5.74, 6) is -1.37. The van der Waals surface area contributed by atoms with Crippen LogP contribution in [-0.2, 0) is 4.79 Å². The van der Waals surface area contributed by atoms with Crippen molar-refractivity contribution < 1.29 is 27.6 Å². The van der Waals surface area contributed by atoms with Crippen molar-refractivity contribution in [2.24, 2.45) is 0 Å². The number of benzene rings is 2. The number of carbonyl (C=O) groups excluding carboxylic acids is 1. The van der Waals surface area contributed by atoms with E-state index < -0.39 is 28.8 Å². The number of nitrogens with one attached hydrogen (secondary N) is 1. The van der Waals surface area contributed by atoms with Gasteiger partial charge in [0.1, 0.15) is 11.3 Å². The van der Waals surface area contributed by atoms with Gasteiger partial charge in [0.25, 0.3) is 0 Å². The molecule has 0 aliphatic rings. The number of nitro groups is 1. The lowest BCUT2D eigenvalue weighted by molar-refractivity contribution is -0.389. The first kappa shape index (κ1) is 20.6. The summed E-state index contributed by atoms with van der Waals surface area (Å²) in [6.45, 7) is 3.36. The number of hydrogen-bond acceptors (Lipinski definition) is 5. The second kappa shape index (κ2) is 8.07. The first-order valence-electron chi connectivity index (χ1n) is 8.30. The van der Waals surface area contributed by atoms with E-state index in [0.29, 0.717) is 11.4 Å². The van der Waals surface area contributed by atoms with Gasteiger partial charge in [0.2, 0.25) is 5.91 Å². The highest BCUT2D eigenvalue weighted by atomic mass is 19.4. The van der Waals surface area contributed by atoms with Gasteiger partial charge < -0.3 is 20.2 Å². The number of nitrogens with zero attached hydrogens (tertiary/aromatic N) is 3. The molecule has 0 radical (unpaired) electrons. The number of aromatic nitrogens is 2. The van der Waals surface area contributed by atoms with Gasteiger partial charge in [-0.3, -0.25) is 4.79 Å². The van der Waals surface area contributed by atoms with Crippen molar-refractivity contribution in [2.75, 3.05) is 5.32 Å². The Bertz CT molecular complexity index is 1110. The van der Waals surface area contributed by atoms with E-state index in [9.17, 15) is 28.1 Å². The molecular weight excluding hydrogens is 405 g/mol. The summed E-state index contributed by atoms with van der Waals surface area (Å²) in [6.07, 6.45) is -2.38. The Balaban J connectivity index is 1.96. The van der Waals surface area contributed by atoms with Gasteiger partial charge >= 0.3 is 12.2 Å². The molecule has 0 spiro atoms. The molecule has 1 heterocycles. The van der Waals surface area contributed by atoms with E-state index >= 15 is 0 Å². The summed E-state index contributed by atoms with van der Waals surface area (Å²) in [4.78, 5) is 22.2. The van der Waals surface area contributed by atoms with E-state index in [1.807, 2.05) is 0 Å². The zero-order chi connectivity index (χ0) is 21.9. The minimum absolute atomic E-state index is 0.0964. The highest BCUT2D eigenvalue weighted by Crippen LogP contribution is 2.32. The molecule has 0 saturated carbocycles. The van der Waals surface area contributed by atoms with Gasteiger partial charge in [-0.2, -0.15) is 0 Å². The van der Waals surface area contributed by atoms with Crippen LogP contribution in [0.3, 0.4) is 0 Å². The average molecular weight is 418 g/mol. The SMILES string of the molecule is C=CC(=O)Nc1cccc(-n2cc(-c3ccc(OC(F)(F)F)cc3)c([N+](=O)[O-])n2)c1. The maximum Gasteiger partial charge on any atom is 0.573 e. The maximum absolute atomic E-state index is 12.3. The quantitative estimate of drug-likeness (QED) is 0.362. The molecule has 1 amide bonds. The van der Waals surface area contributed by atoms with Gasteiger partial charge in [0.05, 0.1) is 17.0 Å². The Morgan fingerprint density at radius 3 is 2.53 bits per heavy atom. The molecule has 0 aliphatic heterocycles. The highest BCUT2D eigenvalue weighted by Gasteiger charge is 2.31. The lowest BCUT2D eigenvalue weighted by atomic mass is 10.1. The molecule has 0 atom stereocenters. The van der Waals surface area contributed by atoms with Crippen LogP contribution in [0.5, 0.6) is 5.75 Å². The fraction of sp³-hybridized carbons (Fsp3) is 0.0526. The highest BCUT2D eigenvalue weighted by molar-refractivity contribution is 5.99. The molecule has 3 aromatic rings. The number of halogens is 3. The molecule has 1 N–H and O–H groups in total. The van der Waals surface area contributed by atoms with Crippen LogP contribution in [0.4, 0.5) is 24.7 Å². The summed E-state index contributed by atoms with van der Waals surface area (Å²) in [6, 6.07) is 11.0. The summed E-state index contributed by atoms with van der Waals surface area (Å²) >= 11 is 0. The third kappa shape index (κ3) is 4.82. The van der Waals surface area contributed by atoms with E-state index in [-0.39, 0.29) is 11.1 Å². The average Bonchev–Trinajstić information content (AvgIpc) is 3.13. The van der Waals surface area contributed by atoms with Gasteiger partial charge in [-0.05, 0) is 46.9 Å². The van der Waals surface area contributed by atoms with Crippen LogP contribution in [-0.4, -0.2) is 27.0 Å². The summed E-state index contributed by atoms with van der Waals surface area (Å²) in [5, 5.41) is 18.0. The van der Waals surface area contributed by atoms with E-state index in [1.165, 1.54) is 23.0 Å². The number of anilines is 1. The number of ether oxygens (including phenoxy) is 1. The van der Waals surface area contributed by atoms with Crippen molar-refractivity contribution in [3.05, 3.63) is 77.5 Å². The number of rotatable bonds is 6. The number of alkyl halides is 3. The zero-order valence-electron chi connectivity index (χ0n) is 15.1. The largest absolute Gasteiger partial charge is 0.573 e. The smallest absolute Gasteiger partial charge is 0.406 e. The van der Waals surface area contributed by atoms with Crippen LogP contribution < -0.4 is 10.1 Å². The van der Waals surface area contributed by atoms with Crippen molar-refractivity contribution in [3.63, 3.8) is 0 Å². The molecule has 0 bridgehead atoms. The van der Waals surface area contributed by atoms with E-state index in [0.717, 1.165) is 18.2 Å². The second-order valence-corrected chi connectivity index (χ2v) is 5.88. The lowest BCUT2D eigenvalue weighted by Gasteiger charge is -2.08. The standard InChI is InChI=1S/C19H13F3N4O4/c1-2-17(27)23-13-4-3-5-14(10-13)25-11-16(18(24-25)26(28)29)12-6-8-15(9-7-12)30-19(20,21)22/h2-11H,1H2,(H,23,27). The molecule has 11 heteroatoms. The van der Waals surface area contributed by atoms with Crippen molar-refractivity contribution in [1.82, 2.24) is 9.78 Å². The predicted octanol–water partition coefficient (Wildman–Crippen LogP) is 4.47. The molecule has 154 valence electrons. The Labute approximate surface area is 167 Å². The molecule has 0 aliphatic carbocycles. The Morgan fingerprint density at radius 1 is 1.23 bits per heavy atom. The Hall–Kier alpha value is -4.15. The minimum atomic E-state index is -4.84. The lowest BCUT2D eigenvalue weighted by Crippen LogP contribution is -2.16. The molecule has 1 aromatic heterocycles. The second-order valence-electron chi connectivity index (χ2n) is 5.88. The normalized spacial score (nSPS) is 11.0. The zero-order valence-corrected chi connectivity index (χ0v) is 15.1. The predicted molar refractivity (Wildman–Crippen MR) is 101 cm³/mol. The van der Waals surface area contributed by atoms with Crippen LogP contribution in [0.2, 0.25) is 0 Å². The fourth-order valence-electron chi connectivity index (χ4n) is 2.59. The molecule has 8 nitrogen and oxygen atoms in total. The van der Waals surface area contributed by atoms with E-state index in [1.54, 1.807) is 24.3 Å².